The second kappa shape index (κ2) is 9.17. The van der Waals surface area contributed by atoms with Gasteiger partial charge < -0.3 is 9.47 Å². The maximum atomic E-state index is 13.0. The Hall–Kier alpha value is -4.12. The third-order valence-electron chi connectivity index (χ3n) is 4.85. The quantitative estimate of drug-likeness (QED) is 0.422. The highest BCUT2D eigenvalue weighted by molar-refractivity contribution is 7.90. The lowest BCUT2D eigenvalue weighted by Gasteiger charge is -2.14. The fraction of sp³-hybridized carbons (Fsp3) is 0.136. The molecule has 0 spiro atoms. The molecule has 0 fully saturated rings. The number of amides is 1. The van der Waals surface area contributed by atoms with Crippen LogP contribution in [0.25, 0.3) is 5.69 Å². The van der Waals surface area contributed by atoms with Crippen molar-refractivity contribution in [3.63, 3.8) is 0 Å². The molecule has 2 aromatic heterocycles. The maximum absolute atomic E-state index is 13.0. The molecule has 2 aromatic carbocycles. The molecule has 4 aromatic rings. The Morgan fingerprint density at radius 2 is 1.73 bits per heavy atom. The van der Waals surface area contributed by atoms with E-state index in [1.54, 1.807) is 58.3 Å². The van der Waals surface area contributed by atoms with E-state index in [0.29, 0.717) is 12.2 Å². The number of rotatable bonds is 8. The van der Waals surface area contributed by atoms with Crippen LogP contribution < -0.4 is 14.2 Å². The molecule has 11 heteroatoms. The molecule has 4 rings (SSSR count). The van der Waals surface area contributed by atoms with Gasteiger partial charge in [-0.05, 0) is 42.0 Å². The first-order valence-electron chi connectivity index (χ1n) is 9.81. The van der Waals surface area contributed by atoms with Crippen LogP contribution in [0.3, 0.4) is 0 Å². The summed E-state index contributed by atoms with van der Waals surface area (Å²) in [6.45, 7) is 0.476. The second-order valence-electron chi connectivity index (χ2n) is 6.96. The fourth-order valence-electron chi connectivity index (χ4n) is 3.28. The number of nitrogens with zero attached hydrogens (tertiary/aromatic N) is 4. The number of ether oxygens (including phenoxy) is 2. The highest BCUT2D eigenvalue weighted by Gasteiger charge is 2.25. The molecule has 0 aliphatic rings. The van der Waals surface area contributed by atoms with E-state index in [9.17, 15) is 13.2 Å². The zero-order chi connectivity index (χ0) is 23.4. The molecular weight excluding hydrogens is 446 g/mol. The molecule has 0 saturated heterocycles. The first-order chi connectivity index (χ1) is 15.9. The van der Waals surface area contributed by atoms with E-state index in [1.165, 1.54) is 32.4 Å². The van der Waals surface area contributed by atoms with Crippen molar-refractivity contribution in [1.29, 1.82) is 0 Å². The molecule has 0 aliphatic heterocycles. The van der Waals surface area contributed by atoms with Gasteiger partial charge in [0, 0.05) is 30.9 Å². The predicted octanol–water partition coefficient (Wildman–Crippen LogP) is 2.25. The number of benzene rings is 2. The van der Waals surface area contributed by atoms with Crippen LogP contribution in [0.1, 0.15) is 15.9 Å². The summed E-state index contributed by atoms with van der Waals surface area (Å²) < 4.78 is 41.9. The average molecular weight is 468 g/mol. The minimum Gasteiger partial charge on any atom is -0.496 e. The molecule has 170 valence electrons. The number of hydrogen-bond donors (Lipinski definition) is 1. The Labute approximate surface area is 190 Å². The lowest BCUT2D eigenvalue weighted by atomic mass is 10.1. The summed E-state index contributed by atoms with van der Waals surface area (Å²) in [6.07, 6.45) is 6.79. The minimum absolute atomic E-state index is 0.0739. The summed E-state index contributed by atoms with van der Waals surface area (Å²) in [6, 6.07) is 12.9. The second-order valence-corrected chi connectivity index (χ2v) is 8.61. The van der Waals surface area contributed by atoms with Crippen molar-refractivity contribution in [2.75, 3.05) is 14.2 Å². The Balaban J connectivity index is 1.58. The first kappa shape index (κ1) is 22.1. The smallest absolute Gasteiger partial charge is 0.268 e. The molecule has 1 N–H and O–H groups in total. The summed E-state index contributed by atoms with van der Waals surface area (Å²) in [5, 5.41) is 8.26. The van der Waals surface area contributed by atoms with Crippen LogP contribution in [0.4, 0.5) is 0 Å². The topological polar surface area (TPSA) is 117 Å². The Morgan fingerprint density at radius 1 is 0.970 bits per heavy atom. The normalized spacial score (nSPS) is 11.2. The number of carbonyl (C=O) groups is 1. The van der Waals surface area contributed by atoms with Gasteiger partial charge in [0.2, 0.25) is 0 Å². The Bertz CT molecular complexity index is 1370. The van der Waals surface area contributed by atoms with E-state index >= 15 is 0 Å². The molecule has 0 radical (unpaired) electrons. The zero-order valence-electron chi connectivity index (χ0n) is 17.9. The van der Waals surface area contributed by atoms with Crippen LogP contribution >= 0.6 is 0 Å². The third kappa shape index (κ3) is 4.72. The summed E-state index contributed by atoms with van der Waals surface area (Å²) in [5.74, 6) is -0.506. The van der Waals surface area contributed by atoms with E-state index in [4.69, 9.17) is 9.47 Å². The van der Waals surface area contributed by atoms with Gasteiger partial charge >= 0.3 is 0 Å². The Morgan fingerprint density at radius 3 is 2.39 bits per heavy atom. The molecule has 10 nitrogen and oxygen atoms in total. The number of carbonyl (C=O) groups excluding carboxylic acids is 1. The molecular formula is C22H21N5O5S. The van der Waals surface area contributed by atoms with Crippen molar-refractivity contribution in [2.45, 2.75) is 11.4 Å². The van der Waals surface area contributed by atoms with Gasteiger partial charge in [-0.2, -0.15) is 10.2 Å². The minimum atomic E-state index is -4.24. The molecule has 33 heavy (non-hydrogen) atoms. The summed E-state index contributed by atoms with van der Waals surface area (Å²) >= 11 is 0. The molecule has 2 heterocycles. The zero-order valence-corrected chi connectivity index (χ0v) is 18.7. The number of methoxy groups -OCH3 is 2. The highest BCUT2D eigenvalue weighted by atomic mass is 32.2. The molecule has 0 unspecified atom stereocenters. The van der Waals surface area contributed by atoms with Crippen LogP contribution in [0.5, 0.6) is 11.5 Å². The van der Waals surface area contributed by atoms with E-state index in [1.807, 2.05) is 6.20 Å². The van der Waals surface area contributed by atoms with Gasteiger partial charge in [0.25, 0.3) is 15.9 Å². The third-order valence-corrected chi connectivity index (χ3v) is 6.22. The largest absolute Gasteiger partial charge is 0.496 e. The van der Waals surface area contributed by atoms with Crippen LogP contribution in [0, 0.1) is 0 Å². The summed E-state index contributed by atoms with van der Waals surface area (Å²) in [4.78, 5) is 12.7. The van der Waals surface area contributed by atoms with Crippen LogP contribution in [-0.4, -0.2) is 48.1 Å². The highest BCUT2D eigenvalue weighted by Crippen LogP contribution is 2.27. The number of nitrogens with one attached hydrogen (secondary N) is 1. The van der Waals surface area contributed by atoms with Gasteiger partial charge in [-0.15, -0.1) is 0 Å². The first-order valence-corrected chi connectivity index (χ1v) is 11.3. The van der Waals surface area contributed by atoms with Gasteiger partial charge in [0.1, 0.15) is 16.4 Å². The summed E-state index contributed by atoms with van der Waals surface area (Å²) in [7, 11) is -1.47. The number of aromatic nitrogens is 4. The summed E-state index contributed by atoms with van der Waals surface area (Å²) in [5.41, 5.74) is 1.53. The van der Waals surface area contributed by atoms with Gasteiger partial charge in [-0.1, -0.05) is 6.07 Å². The van der Waals surface area contributed by atoms with Gasteiger partial charge in [-0.3, -0.25) is 9.48 Å². The van der Waals surface area contributed by atoms with Gasteiger partial charge in [0.05, 0.1) is 32.0 Å². The van der Waals surface area contributed by atoms with Crippen molar-refractivity contribution >= 4 is 15.9 Å². The maximum Gasteiger partial charge on any atom is 0.268 e. The van der Waals surface area contributed by atoms with Gasteiger partial charge in [0.15, 0.2) is 0 Å². The van der Waals surface area contributed by atoms with Crippen molar-refractivity contribution in [1.82, 2.24) is 24.3 Å². The molecule has 0 bridgehead atoms. The van der Waals surface area contributed by atoms with Crippen molar-refractivity contribution in [2.24, 2.45) is 0 Å². The predicted molar refractivity (Wildman–Crippen MR) is 119 cm³/mol. The van der Waals surface area contributed by atoms with Gasteiger partial charge in [-0.25, -0.2) is 17.8 Å². The molecule has 0 atom stereocenters. The van der Waals surface area contributed by atoms with Crippen LogP contribution in [-0.2, 0) is 16.6 Å². The van der Waals surface area contributed by atoms with Crippen molar-refractivity contribution in [3.05, 3.63) is 84.4 Å². The lowest BCUT2D eigenvalue weighted by Crippen LogP contribution is -2.31. The number of sulfonamides is 1. The standard InChI is InChI=1S/C22H21N5O5S/c1-31-19-13-16(15-26-11-3-9-23-26)5-7-18(19)22(28)25-33(29,30)21-8-6-17(14-20(21)32-2)27-12-4-10-24-27/h3-14H,15H2,1-2H3,(H,25,28). The van der Waals surface area contributed by atoms with E-state index < -0.39 is 15.9 Å². The molecule has 1 amide bonds. The van der Waals surface area contributed by atoms with E-state index in [-0.39, 0.29) is 22.0 Å². The van der Waals surface area contributed by atoms with Crippen molar-refractivity contribution < 1.29 is 22.7 Å². The lowest BCUT2D eigenvalue weighted by molar-refractivity contribution is 0.0978. The van der Waals surface area contributed by atoms with E-state index in [2.05, 4.69) is 14.9 Å². The number of hydrogen-bond acceptors (Lipinski definition) is 7. The Kier molecular flexibility index (Phi) is 6.13. The molecule has 0 saturated carbocycles. The SMILES string of the molecule is COc1cc(Cn2cccn2)ccc1C(=O)NS(=O)(=O)c1ccc(-n2cccn2)cc1OC. The van der Waals surface area contributed by atoms with Crippen molar-refractivity contribution in [3.8, 4) is 17.2 Å². The van der Waals surface area contributed by atoms with Crippen LogP contribution in [0.2, 0.25) is 0 Å². The van der Waals surface area contributed by atoms with Crippen LogP contribution in [0.15, 0.2) is 78.2 Å². The monoisotopic (exact) mass is 467 g/mol. The molecule has 0 aliphatic carbocycles. The van der Waals surface area contributed by atoms with E-state index in [0.717, 1.165) is 5.56 Å². The fourth-order valence-corrected chi connectivity index (χ4v) is 4.40. The average Bonchev–Trinajstić information content (AvgIpc) is 3.52.